The zero-order valence-electron chi connectivity index (χ0n) is 10.1. The summed E-state index contributed by atoms with van der Waals surface area (Å²) in [6, 6.07) is 11.1. The van der Waals surface area contributed by atoms with Crippen molar-refractivity contribution in [3.05, 3.63) is 48.6 Å². The second-order valence-electron chi connectivity index (χ2n) is 4.94. The molecule has 1 aromatic carbocycles. The molecular weight excluding hydrogens is 192 g/mol. The van der Waals surface area contributed by atoms with Crippen molar-refractivity contribution in [3.8, 4) is 0 Å². The summed E-state index contributed by atoms with van der Waals surface area (Å²) in [5, 5.41) is 0. The van der Waals surface area contributed by atoms with Gasteiger partial charge in [0, 0.05) is 0 Å². The van der Waals surface area contributed by atoms with E-state index >= 15 is 0 Å². The third-order valence-electron chi connectivity index (χ3n) is 3.86. The lowest BCUT2D eigenvalue weighted by atomic mass is 9.81. The van der Waals surface area contributed by atoms with Crippen LogP contribution in [0.25, 0.3) is 0 Å². The van der Waals surface area contributed by atoms with Gasteiger partial charge in [0.1, 0.15) is 0 Å². The standard InChI is InChI=1S/C16H22/c1-2-9-14-10-7-4-8-13-16(14)15-11-5-3-6-12-15/h2-3,5-6,11-12,14,16H,1,4,7-10,13H2/t14-,16+/m1/s1. The number of benzene rings is 1. The van der Waals surface area contributed by atoms with Gasteiger partial charge in [0.05, 0.1) is 0 Å². The summed E-state index contributed by atoms with van der Waals surface area (Å²) in [4.78, 5) is 0. The van der Waals surface area contributed by atoms with Gasteiger partial charge in [-0.3, -0.25) is 0 Å². The fraction of sp³-hybridized carbons (Fsp3) is 0.500. The van der Waals surface area contributed by atoms with Crippen LogP contribution in [-0.2, 0) is 0 Å². The Morgan fingerprint density at radius 1 is 1.06 bits per heavy atom. The summed E-state index contributed by atoms with van der Waals surface area (Å²) in [6.45, 7) is 3.91. The fourth-order valence-corrected chi connectivity index (χ4v) is 3.02. The van der Waals surface area contributed by atoms with Crippen molar-refractivity contribution in [3.63, 3.8) is 0 Å². The molecule has 1 aromatic rings. The molecule has 1 aliphatic carbocycles. The molecule has 1 fully saturated rings. The third kappa shape index (κ3) is 2.75. The van der Waals surface area contributed by atoms with E-state index in [1.807, 2.05) is 0 Å². The molecule has 86 valence electrons. The van der Waals surface area contributed by atoms with Gasteiger partial charge in [0.2, 0.25) is 0 Å². The highest BCUT2D eigenvalue weighted by atomic mass is 14.3. The second-order valence-corrected chi connectivity index (χ2v) is 4.94. The molecule has 0 aliphatic heterocycles. The maximum absolute atomic E-state index is 3.91. The Kier molecular flexibility index (Phi) is 4.21. The summed E-state index contributed by atoms with van der Waals surface area (Å²) in [7, 11) is 0. The van der Waals surface area contributed by atoms with Crippen molar-refractivity contribution < 1.29 is 0 Å². The number of rotatable bonds is 3. The van der Waals surface area contributed by atoms with Gasteiger partial charge in [0.15, 0.2) is 0 Å². The van der Waals surface area contributed by atoms with Crippen LogP contribution in [0.5, 0.6) is 0 Å². The van der Waals surface area contributed by atoms with Gasteiger partial charge in [-0.25, -0.2) is 0 Å². The Bertz CT molecular complexity index is 312. The van der Waals surface area contributed by atoms with E-state index in [1.54, 1.807) is 0 Å². The Hall–Kier alpha value is -1.04. The van der Waals surface area contributed by atoms with E-state index in [1.165, 1.54) is 44.1 Å². The molecule has 1 saturated carbocycles. The molecule has 0 heterocycles. The highest BCUT2D eigenvalue weighted by Gasteiger charge is 2.23. The van der Waals surface area contributed by atoms with E-state index in [0.29, 0.717) is 0 Å². The van der Waals surface area contributed by atoms with Crippen LogP contribution in [-0.4, -0.2) is 0 Å². The van der Waals surface area contributed by atoms with E-state index in [2.05, 4.69) is 43.0 Å². The first-order valence-electron chi connectivity index (χ1n) is 6.57. The van der Waals surface area contributed by atoms with Crippen LogP contribution in [0, 0.1) is 5.92 Å². The zero-order chi connectivity index (χ0) is 11.2. The first-order valence-corrected chi connectivity index (χ1v) is 6.57. The summed E-state index contributed by atoms with van der Waals surface area (Å²) < 4.78 is 0. The van der Waals surface area contributed by atoms with Crippen LogP contribution in [0.15, 0.2) is 43.0 Å². The van der Waals surface area contributed by atoms with Gasteiger partial charge in [-0.15, -0.1) is 6.58 Å². The van der Waals surface area contributed by atoms with E-state index < -0.39 is 0 Å². The molecule has 0 nitrogen and oxygen atoms in total. The van der Waals surface area contributed by atoms with Gasteiger partial charge in [-0.1, -0.05) is 55.7 Å². The molecule has 0 aromatic heterocycles. The molecule has 0 unspecified atom stereocenters. The molecule has 0 saturated heterocycles. The Labute approximate surface area is 99.4 Å². The fourth-order valence-electron chi connectivity index (χ4n) is 3.02. The van der Waals surface area contributed by atoms with Crippen LogP contribution in [0.3, 0.4) is 0 Å². The molecule has 2 rings (SSSR count). The average molecular weight is 214 g/mol. The molecule has 0 amide bonds. The van der Waals surface area contributed by atoms with E-state index in [0.717, 1.165) is 11.8 Å². The molecule has 0 heteroatoms. The van der Waals surface area contributed by atoms with Crippen LogP contribution in [0.2, 0.25) is 0 Å². The molecule has 0 radical (unpaired) electrons. The maximum Gasteiger partial charge on any atom is -0.0131 e. The Morgan fingerprint density at radius 3 is 2.56 bits per heavy atom. The molecule has 0 spiro atoms. The smallest absolute Gasteiger partial charge is 0.0131 e. The summed E-state index contributed by atoms with van der Waals surface area (Å²) in [6.07, 6.45) is 10.2. The lowest BCUT2D eigenvalue weighted by Crippen LogP contribution is -2.10. The largest absolute Gasteiger partial charge is 0.103 e. The zero-order valence-corrected chi connectivity index (χ0v) is 10.1. The van der Waals surface area contributed by atoms with Crippen molar-refractivity contribution in [1.82, 2.24) is 0 Å². The van der Waals surface area contributed by atoms with Crippen LogP contribution >= 0.6 is 0 Å². The number of hydrogen-bond acceptors (Lipinski definition) is 0. The van der Waals surface area contributed by atoms with E-state index in [-0.39, 0.29) is 0 Å². The van der Waals surface area contributed by atoms with Crippen molar-refractivity contribution in [1.29, 1.82) is 0 Å². The SMILES string of the molecule is C=CC[C@@H]1CCCCC[C@@H]1c1ccccc1. The minimum atomic E-state index is 0.765. The molecule has 2 atom stereocenters. The Balaban J connectivity index is 2.17. The van der Waals surface area contributed by atoms with Gasteiger partial charge in [-0.05, 0) is 36.7 Å². The van der Waals surface area contributed by atoms with Gasteiger partial charge in [0.25, 0.3) is 0 Å². The summed E-state index contributed by atoms with van der Waals surface area (Å²) >= 11 is 0. The maximum atomic E-state index is 3.91. The summed E-state index contributed by atoms with van der Waals surface area (Å²) in [5.74, 6) is 1.59. The van der Waals surface area contributed by atoms with Gasteiger partial charge >= 0.3 is 0 Å². The minimum absolute atomic E-state index is 0.765. The molecule has 0 N–H and O–H groups in total. The van der Waals surface area contributed by atoms with Crippen LogP contribution in [0.1, 0.15) is 50.0 Å². The normalized spacial score (nSPS) is 26.0. The van der Waals surface area contributed by atoms with Gasteiger partial charge < -0.3 is 0 Å². The molecule has 1 aliphatic rings. The van der Waals surface area contributed by atoms with Gasteiger partial charge in [-0.2, -0.15) is 0 Å². The Morgan fingerprint density at radius 2 is 1.81 bits per heavy atom. The monoisotopic (exact) mass is 214 g/mol. The number of allylic oxidation sites excluding steroid dienone is 1. The van der Waals surface area contributed by atoms with Crippen molar-refractivity contribution in [2.75, 3.05) is 0 Å². The van der Waals surface area contributed by atoms with E-state index in [9.17, 15) is 0 Å². The molecule has 16 heavy (non-hydrogen) atoms. The number of hydrogen-bond donors (Lipinski definition) is 0. The molecule has 0 bridgehead atoms. The topological polar surface area (TPSA) is 0 Å². The quantitative estimate of drug-likeness (QED) is 0.494. The highest BCUT2D eigenvalue weighted by Crippen LogP contribution is 2.38. The predicted molar refractivity (Wildman–Crippen MR) is 70.6 cm³/mol. The first kappa shape index (κ1) is 11.4. The van der Waals surface area contributed by atoms with Crippen LogP contribution in [0.4, 0.5) is 0 Å². The van der Waals surface area contributed by atoms with E-state index in [4.69, 9.17) is 0 Å². The minimum Gasteiger partial charge on any atom is -0.103 e. The summed E-state index contributed by atoms with van der Waals surface area (Å²) in [5.41, 5.74) is 1.54. The van der Waals surface area contributed by atoms with Crippen molar-refractivity contribution >= 4 is 0 Å². The average Bonchev–Trinajstić information content (AvgIpc) is 2.56. The highest BCUT2D eigenvalue weighted by molar-refractivity contribution is 5.20. The predicted octanol–water partition coefficient (Wildman–Crippen LogP) is 4.93. The molecular formula is C16H22. The lowest BCUT2D eigenvalue weighted by Gasteiger charge is -2.24. The second kappa shape index (κ2) is 5.89. The van der Waals surface area contributed by atoms with Crippen molar-refractivity contribution in [2.45, 2.75) is 44.4 Å². The third-order valence-corrected chi connectivity index (χ3v) is 3.86. The van der Waals surface area contributed by atoms with Crippen molar-refractivity contribution in [2.24, 2.45) is 5.92 Å². The van der Waals surface area contributed by atoms with Crippen LogP contribution < -0.4 is 0 Å². The first-order chi connectivity index (χ1) is 7.92. The lowest BCUT2D eigenvalue weighted by molar-refractivity contribution is 0.403.